The van der Waals surface area contributed by atoms with Gasteiger partial charge in [-0.3, -0.25) is 4.79 Å². The van der Waals surface area contributed by atoms with Gasteiger partial charge < -0.3 is 9.47 Å². The summed E-state index contributed by atoms with van der Waals surface area (Å²) in [5.74, 6) is -0.608. The molecule has 18 heavy (non-hydrogen) atoms. The van der Waals surface area contributed by atoms with E-state index in [1.807, 2.05) is 6.92 Å². The van der Waals surface area contributed by atoms with Crippen LogP contribution in [0, 0.1) is 0 Å². The van der Waals surface area contributed by atoms with Crippen molar-refractivity contribution in [2.75, 3.05) is 13.2 Å². The zero-order chi connectivity index (χ0) is 14.0. The molecule has 1 unspecified atom stereocenters. The van der Waals surface area contributed by atoms with Crippen molar-refractivity contribution in [3.63, 3.8) is 0 Å². The van der Waals surface area contributed by atoms with E-state index in [0.29, 0.717) is 38.0 Å². The standard InChI is InChI=1S/C13H22O4S/c1-4-11(18)9-12(14)16-7-5-6-8-17-13(15)10(2)3/h11,18H,2,4-9H2,1,3H3. The molecule has 0 spiro atoms. The summed E-state index contributed by atoms with van der Waals surface area (Å²) in [7, 11) is 0. The van der Waals surface area contributed by atoms with Crippen molar-refractivity contribution >= 4 is 24.6 Å². The van der Waals surface area contributed by atoms with E-state index in [1.54, 1.807) is 6.92 Å². The van der Waals surface area contributed by atoms with Gasteiger partial charge in [0.15, 0.2) is 0 Å². The Kier molecular flexibility index (Phi) is 9.46. The van der Waals surface area contributed by atoms with Gasteiger partial charge in [-0.15, -0.1) is 0 Å². The molecule has 0 fully saturated rings. The molecule has 0 aromatic rings. The van der Waals surface area contributed by atoms with Crippen molar-refractivity contribution in [2.45, 2.75) is 44.8 Å². The first-order chi connectivity index (χ1) is 8.47. The maximum absolute atomic E-state index is 11.3. The minimum Gasteiger partial charge on any atom is -0.466 e. The lowest BCUT2D eigenvalue weighted by Crippen LogP contribution is -2.12. The summed E-state index contributed by atoms with van der Waals surface area (Å²) in [4.78, 5) is 22.3. The lowest BCUT2D eigenvalue weighted by atomic mass is 10.2. The fraction of sp³-hybridized carbons (Fsp3) is 0.692. The largest absolute Gasteiger partial charge is 0.466 e. The van der Waals surface area contributed by atoms with Crippen LogP contribution in [-0.4, -0.2) is 30.4 Å². The molecule has 0 bridgehead atoms. The number of carbonyl (C=O) groups excluding carboxylic acids is 2. The van der Waals surface area contributed by atoms with E-state index >= 15 is 0 Å². The molecule has 4 nitrogen and oxygen atoms in total. The summed E-state index contributed by atoms with van der Waals surface area (Å²) in [5.41, 5.74) is 0.390. The molecule has 0 heterocycles. The lowest BCUT2D eigenvalue weighted by Gasteiger charge is -2.08. The zero-order valence-electron chi connectivity index (χ0n) is 11.1. The molecular formula is C13H22O4S. The van der Waals surface area contributed by atoms with E-state index in [0.717, 1.165) is 6.42 Å². The van der Waals surface area contributed by atoms with Crippen molar-refractivity contribution in [1.29, 1.82) is 0 Å². The summed E-state index contributed by atoms with van der Waals surface area (Å²) in [6.07, 6.45) is 2.53. The van der Waals surface area contributed by atoms with Crippen LogP contribution in [-0.2, 0) is 19.1 Å². The Balaban J connectivity index is 3.43. The van der Waals surface area contributed by atoms with Crippen LogP contribution in [0.2, 0.25) is 0 Å². The van der Waals surface area contributed by atoms with Crippen molar-refractivity contribution in [3.8, 4) is 0 Å². The fourth-order valence-electron chi connectivity index (χ4n) is 1.07. The van der Waals surface area contributed by atoms with Crippen LogP contribution in [0.1, 0.15) is 39.5 Å². The maximum Gasteiger partial charge on any atom is 0.333 e. The van der Waals surface area contributed by atoms with E-state index in [2.05, 4.69) is 19.2 Å². The van der Waals surface area contributed by atoms with E-state index in [4.69, 9.17) is 9.47 Å². The van der Waals surface area contributed by atoms with Crippen molar-refractivity contribution in [3.05, 3.63) is 12.2 Å². The van der Waals surface area contributed by atoms with E-state index in [9.17, 15) is 9.59 Å². The van der Waals surface area contributed by atoms with Gasteiger partial charge in [0.25, 0.3) is 0 Å². The van der Waals surface area contributed by atoms with Gasteiger partial charge in [-0.05, 0) is 26.2 Å². The molecule has 0 aromatic heterocycles. The third kappa shape index (κ3) is 9.10. The van der Waals surface area contributed by atoms with Gasteiger partial charge in [0.05, 0.1) is 19.6 Å². The monoisotopic (exact) mass is 274 g/mol. The molecule has 0 amide bonds. The number of rotatable bonds is 9. The van der Waals surface area contributed by atoms with Crippen LogP contribution in [0.15, 0.2) is 12.2 Å². The second kappa shape index (κ2) is 10.00. The van der Waals surface area contributed by atoms with Gasteiger partial charge in [0, 0.05) is 10.8 Å². The second-order valence-electron chi connectivity index (χ2n) is 4.11. The normalized spacial score (nSPS) is 11.7. The van der Waals surface area contributed by atoms with Gasteiger partial charge in [-0.25, -0.2) is 4.79 Å². The van der Waals surface area contributed by atoms with Crippen LogP contribution in [0.5, 0.6) is 0 Å². The average Bonchev–Trinajstić information content (AvgIpc) is 2.32. The first-order valence-corrected chi connectivity index (χ1v) is 6.65. The van der Waals surface area contributed by atoms with E-state index < -0.39 is 0 Å². The number of carbonyl (C=O) groups is 2. The van der Waals surface area contributed by atoms with Gasteiger partial charge in [-0.2, -0.15) is 12.6 Å². The molecule has 0 radical (unpaired) electrons. The highest BCUT2D eigenvalue weighted by Gasteiger charge is 2.08. The third-order valence-corrected chi connectivity index (χ3v) is 2.80. The maximum atomic E-state index is 11.3. The smallest absolute Gasteiger partial charge is 0.333 e. The predicted molar refractivity (Wildman–Crippen MR) is 73.6 cm³/mol. The van der Waals surface area contributed by atoms with Gasteiger partial charge >= 0.3 is 11.9 Å². The number of esters is 2. The number of thiol groups is 1. The predicted octanol–water partition coefficient (Wildman–Crippen LogP) is 2.53. The first kappa shape index (κ1) is 17.0. The van der Waals surface area contributed by atoms with E-state index in [-0.39, 0.29) is 17.2 Å². The zero-order valence-corrected chi connectivity index (χ0v) is 12.0. The summed E-state index contributed by atoms with van der Waals surface area (Å²) in [6.45, 7) is 7.74. The van der Waals surface area contributed by atoms with Crippen LogP contribution >= 0.6 is 12.6 Å². The number of ether oxygens (including phenoxy) is 2. The number of hydrogen-bond acceptors (Lipinski definition) is 5. The van der Waals surface area contributed by atoms with Crippen molar-refractivity contribution in [2.24, 2.45) is 0 Å². The van der Waals surface area contributed by atoms with Crippen LogP contribution in [0.3, 0.4) is 0 Å². The fourth-order valence-corrected chi connectivity index (χ4v) is 1.22. The molecule has 1 atom stereocenters. The van der Waals surface area contributed by atoms with Crippen LogP contribution in [0.4, 0.5) is 0 Å². The Morgan fingerprint density at radius 1 is 1.22 bits per heavy atom. The summed E-state index contributed by atoms with van der Waals surface area (Å²) in [6, 6.07) is 0. The van der Waals surface area contributed by atoms with Crippen molar-refractivity contribution in [1.82, 2.24) is 0 Å². The van der Waals surface area contributed by atoms with E-state index in [1.165, 1.54) is 0 Å². The minimum absolute atomic E-state index is 0.0639. The summed E-state index contributed by atoms with van der Waals surface area (Å²) >= 11 is 4.22. The summed E-state index contributed by atoms with van der Waals surface area (Å²) < 4.78 is 9.92. The highest BCUT2D eigenvalue weighted by molar-refractivity contribution is 7.81. The average molecular weight is 274 g/mol. The number of hydrogen-bond donors (Lipinski definition) is 1. The molecule has 0 saturated heterocycles. The molecule has 0 saturated carbocycles. The molecular weight excluding hydrogens is 252 g/mol. The van der Waals surface area contributed by atoms with Gasteiger partial charge in [-0.1, -0.05) is 13.5 Å². The molecule has 0 aromatic carbocycles. The van der Waals surface area contributed by atoms with Gasteiger partial charge in [0.2, 0.25) is 0 Å². The quantitative estimate of drug-likeness (QED) is 0.304. The molecule has 0 rings (SSSR count). The summed E-state index contributed by atoms with van der Waals surface area (Å²) in [5, 5.41) is 0.0639. The topological polar surface area (TPSA) is 52.6 Å². The third-order valence-electron chi connectivity index (χ3n) is 2.26. The Morgan fingerprint density at radius 2 is 1.78 bits per heavy atom. The molecule has 0 aliphatic rings. The minimum atomic E-state index is -0.382. The Bertz CT molecular complexity index is 289. The van der Waals surface area contributed by atoms with Crippen LogP contribution in [0.25, 0.3) is 0 Å². The van der Waals surface area contributed by atoms with Crippen molar-refractivity contribution < 1.29 is 19.1 Å². The Hall–Kier alpha value is -0.970. The number of unbranched alkanes of at least 4 members (excludes halogenated alkanes) is 1. The molecule has 0 aliphatic carbocycles. The Labute approximate surface area is 114 Å². The molecule has 5 heteroatoms. The molecule has 104 valence electrons. The lowest BCUT2D eigenvalue weighted by molar-refractivity contribution is -0.144. The second-order valence-corrected chi connectivity index (χ2v) is 4.84. The molecule has 0 aliphatic heterocycles. The first-order valence-electron chi connectivity index (χ1n) is 6.13. The van der Waals surface area contributed by atoms with Crippen LogP contribution < -0.4 is 0 Å². The Morgan fingerprint density at radius 3 is 2.28 bits per heavy atom. The highest BCUT2D eigenvalue weighted by atomic mass is 32.1. The SMILES string of the molecule is C=C(C)C(=O)OCCCCOC(=O)CC(S)CC. The highest BCUT2D eigenvalue weighted by Crippen LogP contribution is 2.07. The molecule has 0 N–H and O–H groups in total. The van der Waals surface area contributed by atoms with Gasteiger partial charge in [0.1, 0.15) is 0 Å².